The van der Waals surface area contributed by atoms with Gasteiger partial charge in [0, 0.05) is 6.54 Å². The zero-order valence-corrected chi connectivity index (χ0v) is 12.3. The van der Waals surface area contributed by atoms with Gasteiger partial charge in [-0.05, 0) is 38.3 Å². The van der Waals surface area contributed by atoms with Crippen LogP contribution in [0.5, 0.6) is 5.75 Å². The first kappa shape index (κ1) is 15.6. The summed E-state index contributed by atoms with van der Waals surface area (Å²) >= 11 is 0. The summed E-state index contributed by atoms with van der Waals surface area (Å²) in [6, 6.07) is 5.64. The van der Waals surface area contributed by atoms with E-state index in [1.807, 2.05) is 32.0 Å². The van der Waals surface area contributed by atoms with Crippen molar-refractivity contribution in [2.24, 2.45) is 5.92 Å². The van der Waals surface area contributed by atoms with Crippen LogP contribution in [-0.4, -0.2) is 23.9 Å². The molecule has 0 amide bonds. The van der Waals surface area contributed by atoms with E-state index in [4.69, 9.17) is 10.5 Å². The maximum Gasteiger partial charge on any atom is 0.144 e. The highest BCUT2D eigenvalue weighted by Crippen LogP contribution is 2.30. The van der Waals surface area contributed by atoms with Crippen LogP contribution in [0.25, 0.3) is 0 Å². The zero-order valence-electron chi connectivity index (χ0n) is 12.3. The van der Waals surface area contributed by atoms with E-state index in [-0.39, 0.29) is 12.2 Å². The van der Waals surface area contributed by atoms with Crippen LogP contribution in [-0.2, 0) is 0 Å². The van der Waals surface area contributed by atoms with Gasteiger partial charge in [-0.2, -0.15) is 0 Å². The van der Waals surface area contributed by atoms with Crippen LogP contribution in [0.4, 0.5) is 11.4 Å². The van der Waals surface area contributed by atoms with Gasteiger partial charge in [-0.3, -0.25) is 0 Å². The molecule has 1 atom stereocenters. The molecule has 1 aromatic rings. The lowest BCUT2D eigenvalue weighted by Gasteiger charge is -2.18. The van der Waals surface area contributed by atoms with Crippen molar-refractivity contribution in [2.75, 3.05) is 17.6 Å². The molecule has 0 radical (unpaired) electrons. The van der Waals surface area contributed by atoms with Crippen molar-refractivity contribution in [1.29, 1.82) is 0 Å². The number of nitrogen functional groups attached to an aromatic ring is 1. The van der Waals surface area contributed by atoms with Crippen LogP contribution in [0.3, 0.4) is 0 Å². The molecule has 1 unspecified atom stereocenters. The average molecular weight is 266 g/mol. The summed E-state index contributed by atoms with van der Waals surface area (Å²) in [5, 5.41) is 13.0. The topological polar surface area (TPSA) is 67.5 Å². The van der Waals surface area contributed by atoms with Gasteiger partial charge in [0.05, 0.1) is 23.6 Å². The Bertz CT molecular complexity index is 392. The van der Waals surface area contributed by atoms with Crippen LogP contribution in [0.15, 0.2) is 18.2 Å². The van der Waals surface area contributed by atoms with Crippen LogP contribution in [0.1, 0.15) is 34.1 Å². The molecule has 4 nitrogen and oxygen atoms in total. The number of ether oxygens (including phenoxy) is 1. The third-order valence-corrected chi connectivity index (χ3v) is 2.70. The van der Waals surface area contributed by atoms with Crippen molar-refractivity contribution in [2.45, 2.75) is 46.3 Å². The standard InChI is InChI=1S/C15H26N2O2/c1-10(2)8-12(18)9-17-13-6-5-7-14(15(13)16)19-11(3)4/h5-7,10-12,17-18H,8-9,16H2,1-4H3. The molecular formula is C15H26N2O2. The van der Waals surface area contributed by atoms with Crippen molar-refractivity contribution >= 4 is 11.4 Å². The average Bonchev–Trinajstić information content (AvgIpc) is 2.29. The van der Waals surface area contributed by atoms with Gasteiger partial charge in [-0.15, -0.1) is 0 Å². The fourth-order valence-corrected chi connectivity index (χ4v) is 1.91. The van der Waals surface area contributed by atoms with Gasteiger partial charge in [-0.25, -0.2) is 0 Å². The van der Waals surface area contributed by atoms with Crippen molar-refractivity contribution in [1.82, 2.24) is 0 Å². The predicted molar refractivity (Wildman–Crippen MR) is 80.6 cm³/mol. The molecule has 1 aromatic carbocycles. The summed E-state index contributed by atoms with van der Waals surface area (Å²) < 4.78 is 5.63. The normalized spacial score (nSPS) is 12.8. The van der Waals surface area contributed by atoms with E-state index in [2.05, 4.69) is 19.2 Å². The Balaban J connectivity index is 2.63. The summed E-state index contributed by atoms with van der Waals surface area (Å²) in [7, 11) is 0. The maximum atomic E-state index is 9.85. The molecule has 0 fully saturated rings. The highest BCUT2D eigenvalue weighted by molar-refractivity contribution is 5.72. The van der Waals surface area contributed by atoms with E-state index in [1.165, 1.54) is 0 Å². The highest BCUT2D eigenvalue weighted by Gasteiger charge is 2.10. The lowest BCUT2D eigenvalue weighted by Crippen LogP contribution is -2.21. The number of benzene rings is 1. The quantitative estimate of drug-likeness (QED) is 0.664. The Kier molecular flexibility index (Phi) is 5.96. The van der Waals surface area contributed by atoms with E-state index in [9.17, 15) is 5.11 Å². The molecule has 0 spiro atoms. The maximum absolute atomic E-state index is 9.85. The molecule has 19 heavy (non-hydrogen) atoms. The summed E-state index contributed by atoms with van der Waals surface area (Å²) in [4.78, 5) is 0. The molecule has 0 heterocycles. The molecule has 0 aromatic heterocycles. The van der Waals surface area contributed by atoms with Crippen LogP contribution in [0, 0.1) is 5.92 Å². The SMILES string of the molecule is CC(C)CC(O)CNc1cccc(OC(C)C)c1N. The lowest BCUT2D eigenvalue weighted by molar-refractivity contribution is 0.161. The monoisotopic (exact) mass is 266 g/mol. The molecule has 0 saturated heterocycles. The summed E-state index contributed by atoms with van der Waals surface area (Å²) in [5.41, 5.74) is 7.45. The van der Waals surface area contributed by atoms with Crippen molar-refractivity contribution in [3.63, 3.8) is 0 Å². The molecule has 4 heteroatoms. The Labute approximate surface area is 116 Å². The lowest BCUT2D eigenvalue weighted by atomic mass is 10.1. The van der Waals surface area contributed by atoms with Gasteiger partial charge < -0.3 is 20.9 Å². The third kappa shape index (κ3) is 5.39. The van der Waals surface area contributed by atoms with E-state index in [0.29, 0.717) is 23.9 Å². The third-order valence-electron chi connectivity index (χ3n) is 2.70. The number of rotatable bonds is 7. The molecule has 0 saturated carbocycles. The Hall–Kier alpha value is -1.42. The summed E-state index contributed by atoms with van der Waals surface area (Å²) in [5.74, 6) is 1.16. The largest absolute Gasteiger partial charge is 0.489 e. The molecule has 4 N–H and O–H groups in total. The number of anilines is 2. The highest BCUT2D eigenvalue weighted by atomic mass is 16.5. The molecule has 108 valence electrons. The summed E-state index contributed by atoms with van der Waals surface area (Å²) in [6.45, 7) is 8.61. The number of aliphatic hydroxyl groups excluding tert-OH is 1. The second-order valence-electron chi connectivity index (χ2n) is 5.55. The minimum atomic E-state index is -0.367. The number of para-hydroxylation sites is 1. The van der Waals surface area contributed by atoms with Gasteiger partial charge in [0.1, 0.15) is 5.75 Å². The fourth-order valence-electron chi connectivity index (χ4n) is 1.91. The number of nitrogens with two attached hydrogens (primary N) is 1. The van der Waals surface area contributed by atoms with Crippen molar-refractivity contribution < 1.29 is 9.84 Å². The van der Waals surface area contributed by atoms with Crippen molar-refractivity contribution in [3.8, 4) is 5.75 Å². The molecular weight excluding hydrogens is 240 g/mol. The van der Waals surface area contributed by atoms with E-state index < -0.39 is 0 Å². The number of nitrogens with one attached hydrogen (secondary N) is 1. The minimum absolute atomic E-state index is 0.0871. The Morgan fingerprint density at radius 3 is 2.53 bits per heavy atom. The molecule has 0 bridgehead atoms. The number of aliphatic hydroxyl groups is 1. The molecule has 0 aliphatic carbocycles. The van der Waals surface area contributed by atoms with Crippen molar-refractivity contribution in [3.05, 3.63) is 18.2 Å². The molecule has 0 aliphatic rings. The first-order valence-electron chi connectivity index (χ1n) is 6.87. The van der Waals surface area contributed by atoms with Gasteiger partial charge in [-0.1, -0.05) is 19.9 Å². The van der Waals surface area contributed by atoms with Crippen LogP contribution in [0.2, 0.25) is 0 Å². The predicted octanol–water partition coefficient (Wildman–Crippen LogP) is 2.87. The molecule has 1 rings (SSSR count). The zero-order chi connectivity index (χ0) is 14.4. The smallest absolute Gasteiger partial charge is 0.144 e. The van der Waals surface area contributed by atoms with Gasteiger partial charge in [0.15, 0.2) is 0 Å². The van der Waals surface area contributed by atoms with Crippen LogP contribution >= 0.6 is 0 Å². The van der Waals surface area contributed by atoms with Crippen LogP contribution < -0.4 is 15.8 Å². The fraction of sp³-hybridized carbons (Fsp3) is 0.600. The van der Waals surface area contributed by atoms with Gasteiger partial charge in [0.25, 0.3) is 0 Å². The number of hydrogen-bond acceptors (Lipinski definition) is 4. The first-order chi connectivity index (χ1) is 8.90. The van der Waals surface area contributed by atoms with Gasteiger partial charge in [0.2, 0.25) is 0 Å². The number of hydrogen-bond donors (Lipinski definition) is 3. The van der Waals surface area contributed by atoms with E-state index >= 15 is 0 Å². The van der Waals surface area contributed by atoms with E-state index in [1.54, 1.807) is 0 Å². The second-order valence-corrected chi connectivity index (χ2v) is 5.55. The minimum Gasteiger partial charge on any atom is -0.489 e. The van der Waals surface area contributed by atoms with Gasteiger partial charge >= 0.3 is 0 Å². The summed E-state index contributed by atoms with van der Waals surface area (Å²) in [6.07, 6.45) is 0.493. The molecule has 0 aliphatic heterocycles. The first-order valence-corrected chi connectivity index (χ1v) is 6.87. The Morgan fingerprint density at radius 1 is 1.26 bits per heavy atom. The Morgan fingerprint density at radius 2 is 1.95 bits per heavy atom. The second kappa shape index (κ2) is 7.24. The van der Waals surface area contributed by atoms with E-state index in [0.717, 1.165) is 12.1 Å².